The highest BCUT2D eigenvalue weighted by Crippen LogP contribution is 2.26. The average molecular weight is 321 g/mol. The van der Waals surface area contributed by atoms with E-state index in [0.29, 0.717) is 18.0 Å². The molecule has 0 aliphatic heterocycles. The van der Waals surface area contributed by atoms with Gasteiger partial charge in [-0.05, 0) is 47.1 Å². The van der Waals surface area contributed by atoms with Gasteiger partial charge in [-0.1, -0.05) is 12.1 Å². The molecule has 5 heteroatoms. The second kappa shape index (κ2) is 6.33. The van der Waals surface area contributed by atoms with Gasteiger partial charge in [-0.25, -0.2) is 9.78 Å². The highest BCUT2D eigenvalue weighted by molar-refractivity contribution is 9.10. The normalized spacial score (nSPS) is 10.0. The number of aromatic nitrogens is 1. The summed E-state index contributed by atoms with van der Waals surface area (Å²) in [6.07, 6.45) is 1.63. The molecule has 0 unspecified atom stereocenters. The molecule has 0 bridgehead atoms. The van der Waals surface area contributed by atoms with Crippen LogP contribution in [0.2, 0.25) is 0 Å². The van der Waals surface area contributed by atoms with Gasteiger partial charge in [0.15, 0.2) is 0 Å². The summed E-state index contributed by atoms with van der Waals surface area (Å²) in [4.78, 5) is 16.0. The Kier molecular flexibility index (Phi) is 4.52. The molecule has 2 rings (SSSR count). The van der Waals surface area contributed by atoms with E-state index in [9.17, 15) is 4.79 Å². The summed E-state index contributed by atoms with van der Waals surface area (Å²) < 4.78 is 5.90. The van der Waals surface area contributed by atoms with Crippen LogP contribution < -0.4 is 5.32 Å². The topological polar surface area (TPSA) is 51.2 Å². The van der Waals surface area contributed by atoms with Crippen molar-refractivity contribution in [1.29, 1.82) is 0 Å². The number of ether oxygens (including phenoxy) is 1. The Bertz CT molecular complexity index is 587. The van der Waals surface area contributed by atoms with Gasteiger partial charge in [-0.15, -0.1) is 0 Å². The van der Waals surface area contributed by atoms with E-state index in [1.54, 1.807) is 25.3 Å². The lowest BCUT2D eigenvalue weighted by Crippen LogP contribution is -2.09. The quantitative estimate of drug-likeness (QED) is 0.871. The summed E-state index contributed by atoms with van der Waals surface area (Å²) in [5.41, 5.74) is 1.26. The molecular formula is C14H13BrN2O2. The van der Waals surface area contributed by atoms with Crippen LogP contribution in [0, 0.1) is 0 Å². The molecule has 0 aliphatic rings. The Balaban J connectivity index is 2.30. The van der Waals surface area contributed by atoms with Crippen molar-refractivity contribution in [2.75, 3.05) is 11.9 Å². The molecule has 98 valence electrons. The van der Waals surface area contributed by atoms with Gasteiger partial charge < -0.3 is 10.1 Å². The number of nitrogens with one attached hydrogen (secondary N) is 1. The molecule has 0 atom stereocenters. The van der Waals surface area contributed by atoms with Crippen molar-refractivity contribution in [2.45, 2.75) is 6.92 Å². The maximum Gasteiger partial charge on any atom is 0.341 e. The smallest absolute Gasteiger partial charge is 0.341 e. The van der Waals surface area contributed by atoms with Crippen LogP contribution >= 0.6 is 15.9 Å². The first-order chi connectivity index (χ1) is 9.22. The van der Waals surface area contributed by atoms with E-state index in [-0.39, 0.29) is 5.97 Å². The van der Waals surface area contributed by atoms with Gasteiger partial charge in [-0.3, -0.25) is 0 Å². The average Bonchev–Trinajstić information content (AvgIpc) is 2.42. The van der Waals surface area contributed by atoms with Gasteiger partial charge in [-0.2, -0.15) is 0 Å². The number of nitrogens with zero attached hydrogens (tertiary/aromatic N) is 1. The van der Waals surface area contributed by atoms with Crippen molar-refractivity contribution < 1.29 is 9.53 Å². The number of carbonyl (C=O) groups is 1. The molecule has 0 saturated heterocycles. The molecule has 1 aromatic heterocycles. The number of benzene rings is 1. The molecule has 0 radical (unpaired) electrons. The summed E-state index contributed by atoms with van der Waals surface area (Å²) in [6, 6.07) is 11.0. The molecule has 19 heavy (non-hydrogen) atoms. The first-order valence-electron chi connectivity index (χ1n) is 5.86. The predicted molar refractivity (Wildman–Crippen MR) is 77.6 cm³/mol. The van der Waals surface area contributed by atoms with Gasteiger partial charge in [0.1, 0.15) is 11.4 Å². The van der Waals surface area contributed by atoms with Gasteiger partial charge >= 0.3 is 5.97 Å². The molecular weight excluding hydrogens is 308 g/mol. The van der Waals surface area contributed by atoms with Gasteiger partial charge in [0.05, 0.1) is 12.3 Å². The highest BCUT2D eigenvalue weighted by atomic mass is 79.9. The van der Waals surface area contributed by atoms with Crippen molar-refractivity contribution >= 4 is 33.4 Å². The van der Waals surface area contributed by atoms with E-state index >= 15 is 0 Å². The van der Waals surface area contributed by atoms with Crippen LogP contribution in [0.3, 0.4) is 0 Å². The van der Waals surface area contributed by atoms with E-state index in [0.717, 1.165) is 10.2 Å². The van der Waals surface area contributed by atoms with Crippen LogP contribution in [0.4, 0.5) is 11.5 Å². The third-order valence-electron chi connectivity index (χ3n) is 2.43. The van der Waals surface area contributed by atoms with Crippen molar-refractivity contribution in [3.8, 4) is 0 Å². The van der Waals surface area contributed by atoms with Gasteiger partial charge in [0, 0.05) is 10.7 Å². The Morgan fingerprint density at radius 2 is 2.11 bits per heavy atom. The minimum atomic E-state index is -0.384. The molecule has 2 aromatic rings. The van der Waals surface area contributed by atoms with Gasteiger partial charge in [0.2, 0.25) is 0 Å². The highest BCUT2D eigenvalue weighted by Gasteiger charge is 2.13. The zero-order valence-corrected chi connectivity index (χ0v) is 12.0. The van der Waals surface area contributed by atoms with Crippen LogP contribution in [0.15, 0.2) is 47.1 Å². The van der Waals surface area contributed by atoms with E-state index in [1.807, 2.05) is 24.3 Å². The first-order valence-corrected chi connectivity index (χ1v) is 6.65. The monoisotopic (exact) mass is 320 g/mol. The lowest BCUT2D eigenvalue weighted by atomic mass is 10.2. The minimum absolute atomic E-state index is 0.336. The van der Waals surface area contributed by atoms with Crippen molar-refractivity contribution in [3.05, 3.63) is 52.6 Å². The van der Waals surface area contributed by atoms with Crippen LogP contribution in [-0.4, -0.2) is 17.6 Å². The summed E-state index contributed by atoms with van der Waals surface area (Å²) in [7, 11) is 0. The second-order valence-electron chi connectivity index (χ2n) is 3.72. The van der Waals surface area contributed by atoms with E-state index in [1.165, 1.54) is 0 Å². The lowest BCUT2D eigenvalue weighted by Gasteiger charge is -2.11. The Morgan fingerprint density at radius 3 is 2.84 bits per heavy atom. The SMILES string of the molecule is CCOC(=O)c1cccnc1Nc1ccccc1Br. The van der Waals surface area contributed by atoms with Crippen molar-refractivity contribution in [1.82, 2.24) is 4.98 Å². The summed E-state index contributed by atoms with van der Waals surface area (Å²) in [5.74, 6) is 0.0954. The number of carbonyl (C=O) groups excluding carboxylic acids is 1. The number of para-hydroxylation sites is 1. The number of hydrogen-bond acceptors (Lipinski definition) is 4. The maximum atomic E-state index is 11.8. The van der Waals surface area contributed by atoms with E-state index in [4.69, 9.17) is 4.74 Å². The van der Waals surface area contributed by atoms with Crippen LogP contribution in [0.5, 0.6) is 0 Å². The molecule has 1 N–H and O–H groups in total. The fraction of sp³-hybridized carbons (Fsp3) is 0.143. The number of pyridine rings is 1. The summed E-state index contributed by atoms with van der Waals surface area (Å²) >= 11 is 3.44. The summed E-state index contributed by atoms with van der Waals surface area (Å²) in [5, 5.41) is 3.12. The van der Waals surface area contributed by atoms with Gasteiger partial charge in [0.25, 0.3) is 0 Å². The summed E-state index contributed by atoms with van der Waals surface area (Å²) in [6.45, 7) is 2.11. The zero-order valence-electron chi connectivity index (χ0n) is 10.4. The number of esters is 1. The fourth-order valence-corrected chi connectivity index (χ4v) is 1.95. The first kappa shape index (κ1) is 13.5. The van der Waals surface area contributed by atoms with E-state index in [2.05, 4.69) is 26.2 Å². The van der Waals surface area contributed by atoms with Crippen molar-refractivity contribution in [2.24, 2.45) is 0 Å². The van der Waals surface area contributed by atoms with Crippen LogP contribution in [0.25, 0.3) is 0 Å². The Morgan fingerprint density at radius 1 is 1.32 bits per heavy atom. The lowest BCUT2D eigenvalue weighted by molar-refractivity contribution is 0.0527. The minimum Gasteiger partial charge on any atom is -0.462 e. The second-order valence-corrected chi connectivity index (χ2v) is 4.58. The number of rotatable bonds is 4. The molecule has 0 fully saturated rings. The molecule has 1 heterocycles. The number of anilines is 2. The molecule has 1 aromatic carbocycles. The number of halogens is 1. The van der Waals surface area contributed by atoms with E-state index < -0.39 is 0 Å². The molecule has 0 amide bonds. The third-order valence-corrected chi connectivity index (χ3v) is 3.12. The molecule has 0 spiro atoms. The van der Waals surface area contributed by atoms with Crippen LogP contribution in [-0.2, 0) is 4.74 Å². The fourth-order valence-electron chi connectivity index (χ4n) is 1.57. The maximum absolute atomic E-state index is 11.8. The standard InChI is InChI=1S/C14H13BrN2O2/c1-2-19-14(18)10-6-5-9-16-13(10)17-12-8-4-3-7-11(12)15/h3-9H,2H2,1H3,(H,16,17). The Hall–Kier alpha value is -1.88. The number of hydrogen-bond donors (Lipinski definition) is 1. The third kappa shape index (κ3) is 3.32. The molecule has 4 nitrogen and oxygen atoms in total. The largest absolute Gasteiger partial charge is 0.462 e. The zero-order chi connectivity index (χ0) is 13.7. The predicted octanol–water partition coefficient (Wildman–Crippen LogP) is 3.76. The van der Waals surface area contributed by atoms with Crippen molar-refractivity contribution in [3.63, 3.8) is 0 Å². The Labute approximate surface area is 119 Å². The van der Waals surface area contributed by atoms with Crippen LogP contribution in [0.1, 0.15) is 17.3 Å². The molecule has 0 aliphatic carbocycles. The molecule has 0 saturated carbocycles.